The van der Waals surface area contributed by atoms with Crippen LogP contribution in [-0.4, -0.2) is 33.6 Å². The fourth-order valence-corrected chi connectivity index (χ4v) is 2.41. The number of nitrogens with zero attached hydrogens (tertiary/aromatic N) is 2. The molecule has 1 amide bonds. The molecule has 7 heteroatoms. The molecule has 1 aromatic rings. The van der Waals surface area contributed by atoms with Crippen molar-refractivity contribution in [2.75, 3.05) is 12.3 Å². The summed E-state index contributed by atoms with van der Waals surface area (Å²) in [5, 5.41) is 3.01. The van der Waals surface area contributed by atoms with Crippen LogP contribution < -0.4 is 11.1 Å². The second-order valence-corrected chi connectivity index (χ2v) is 4.58. The first-order valence-electron chi connectivity index (χ1n) is 4.16. The largest absolute Gasteiger partial charge is 0.368 e. The van der Waals surface area contributed by atoms with Gasteiger partial charge in [0, 0.05) is 5.75 Å². The van der Waals surface area contributed by atoms with E-state index in [4.69, 9.17) is 5.73 Å². The minimum Gasteiger partial charge on any atom is -0.368 e. The van der Waals surface area contributed by atoms with Crippen molar-refractivity contribution in [3.63, 3.8) is 0 Å². The van der Waals surface area contributed by atoms with Gasteiger partial charge in [-0.2, -0.15) is 4.37 Å². The Morgan fingerprint density at radius 2 is 2.64 bits per heavy atom. The van der Waals surface area contributed by atoms with Gasteiger partial charge >= 0.3 is 0 Å². The van der Waals surface area contributed by atoms with Crippen LogP contribution in [0.3, 0.4) is 0 Å². The molecule has 14 heavy (non-hydrogen) atoms. The van der Waals surface area contributed by atoms with Crippen LogP contribution in [0.25, 0.3) is 0 Å². The summed E-state index contributed by atoms with van der Waals surface area (Å²) >= 11 is 2.80. The van der Waals surface area contributed by atoms with Crippen molar-refractivity contribution in [1.29, 1.82) is 0 Å². The van der Waals surface area contributed by atoms with E-state index in [1.165, 1.54) is 29.6 Å². The Kier molecular flexibility index (Phi) is 4.85. The first kappa shape index (κ1) is 11.4. The number of carbonyl (C=O) groups excluding carboxylic acids is 1. The summed E-state index contributed by atoms with van der Waals surface area (Å²) < 4.78 is 4.72. The maximum atomic E-state index is 11.0. The summed E-state index contributed by atoms with van der Waals surface area (Å²) in [5.74, 6) is 0.266. The number of hydrogen-bond acceptors (Lipinski definition) is 6. The van der Waals surface area contributed by atoms with E-state index in [1.54, 1.807) is 0 Å². The number of carbonyl (C=O) groups is 1. The molecule has 78 valence electrons. The van der Waals surface area contributed by atoms with Gasteiger partial charge in [0.1, 0.15) is 6.33 Å². The van der Waals surface area contributed by atoms with Gasteiger partial charge < -0.3 is 11.1 Å². The van der Waals surface area contributed by atoms with Gasteiger partial charge in [-0.1, -0.05) is 18.7 Å². The molecule has 1 aromatic heterocycles. The van der Waals surface area contributed by atoms with Crippen molar-refractivity contribution >= 4 is 29.2 Å². The van der Waals surface area contributed by atoms with Gasteiger partial charge in [0.05, 0.1) is 6.04 Å². The van der Waals surface area contributed by atoms with E-state index >= 15 is 0 Å². The topological polar surface area (TPSA) is 80.9 Å². The van der Waals surface area contributed by atoms with Crippen molar-refractivity contribution in [2.45, 2.75) is 17.3 Å². The first-order chi connectivity index (χ1) is 6.74. The Balaban J connectivity index is 2.37. The molecule has 0 spiro atoms. The molecule has 0 saturated carbocycles. The normalized spacial score (nSPS) is 12.6. The molecular formula is C7H12N4OS2. The van der Waals surface area contributed by atoms with Crippen LogP contribution in [0.5, 0.6) is 0 Å². The van der Waals surface area contributed by atoms with Crippen molar-refractivity contribution in [2.24, 2.45) is 5.73 Å². The molecular weight excluding hydrogens is 220 g/mol. The van der Waals surface area contributed by atoms with E-state index in [-0.39, 0.29) is 11.9 Å². The molecule has 1 rings (SSSR count). The summed E-state index contributed by atoms with van der Waals surface area (Å²) in [6.07, 6.45) is 1.50. The highest BCUT2D eigenvalue weighted by Crippen LogP contribution is 2.18. The standard InChI is InChI=1S/C7H12N4OS2/c1-2-9-5(6(8)12)3-13-7-10-4-11-14-7/h4-5,9H,2-3H2,1H3,(H2,8,12). The highest BCUT2D eigenvalue weighted by atomic mass is 32.2. The van der Waals surface area contributed by atoms with E-state index in [9.17, 15) is 4.79 Å². The maximum Gasteiger partial charge on any atom is 0.235 e. The molecule has 0 aliphatic rings. The summed E-state index contributed by atoms with van der Waals surface area (Å²) in [4.78, 5) is 15.0. The fourth-order valence-electron chi connectivity index (χ4n) is 0.869. The fraction of sp³-hybridized carbons (Fsp3) is 0.571. The number of nitrogens with one attached hydrogen (secondary N) is 1. The Bertz CT molecular complexity index is 277. The number of likely N-dealkylation sites (N-methyl/N-ethyl adjacent to an activating group) is 1. The molecule has 0 saturated heterocycles. The third kappa shape index (κ3) is 3.60. The van der Waals surface area contributed by atoms with Gasteiger partial charge in [-0.3, -0.25) is 4.79 Å². The molecule has 0 aromatic carbocycles. The molecule has 0 aliphatic heterocycles. The SMILES string of the molecule is CCNC(CSc1ncns1)C(N)=O. The van der Waals surface area contributed by atoms with Crippen LogP contribution in [0.1, 0.15) is 6.92 Å². The summed E-state index contributed by atoms with van der Waals surface area (Å²) in [7, 11) is 0. The molecule has 1 unspecified atom stereocenters. The number of aromatic nitrogens is 2. The van der Waals surface area contributed by atoms with Crippen LogP contribution in [-0.2, 0) is 4.79 Å². The molecule has 0 radical (unpaired) electrons. The van der Waals surface area contributed by atoms with Gasteiger partial charge in [0.15, 0.2) is 4.34 Å². The van der Waals surface area contributed by atoms with E-state index in [0.717, 1.165) is 10.9 Å². The first-order valence-corrected chi connectivity index (χ1v) is 5.92. The molecule has 5 nitrogen and oxygen atoms in total. The predicted molar refractivity (Wildman–Crippen MR) is 57.3 cm³/mol. The van der Waals surface area contributed by atoms with E-state index in [0.29, 0.717) is 5.75 Å². The van der Waals surface area contributed by atoms with Gasteiger partial charge in [0.2, 0.25) is 5.91 Å². The van der Waals surface area contributed by atoms with Crippen LogP contribution in [0, 0.1) is 0 Å². The second-order valence-electron chi connectivity index (χ2n) is 2.53. The lowest BCUT2D eigenvalue weighted by Crippen LogP contribution is -2.42. The van der Waals surface area contributed by atoms with Crippen LogP contribution in [0.4, 0.5) is 0 Å². The van der Waals surface area contributed by atoms with Gasteiger partial charge in [-0.05, 0) is 18.1 Å². The van der Waals surface area contributed by atoms with E-state index in [1.807, 2.05) is 6.92 Å². The monoisotopic (exact) mass is 232 g/mol. The molecule has 1 atom stereocenters. The number of primary amides is 1. The Morgan fingerprint density at radius 1 is 1.86 bits per heavy atom. The minimum atomic E-state index is -0.330. The number of amides is 1. The minimum absolute atomic E-state index is 0.297. The number of rotatable bonds is 6. The lowest BCUT2D eigenvalue weighted by molar-refractivity contribution is -0.119. The van der Waals surface area contributed by atoms with Gasteiger partial charge in [-0.25, -0.2) is 4.98 Å². The summed E-state index contributed by atoms with van der Waals surface area (Å²) in [6, 6.07) is -0.297. The Labute approximate surface area is 90.7 Å². The van der Waals surface area contributed by atoms with Crippen molar-refractivity contribution in [3.05, 3.63) is 6.33 Å². The summed E-state index contributed by atoms with van der Waals surface area (Å²) in [5.41, 5.74) is 5.21. The van der Waals surface area contributed by atoms with Gasteiger partial charge in [-0.15, -0.1) is 0 Å². The summed E-state index contributed by atoms with van der Waals surface area (Å²) in [6.45, 7) is 2.66. The van der Waals surface area contributed by atoms with E-state index < -0.39 is 0 Å². The third-order valence-electron chi connectivity index (χ3n) is 1.51. The predicted octanol–water partition coefficient (Wildman–Crippen LogP) is 0.0936. The number of hydrogen-bond donors (Lipinski definition) is 2. The zero-order chi connectivity index (χ0) is 10.4. The Morgan fingerprint density at radius 3 is 3.14 bits per heavy atom. The average molecular weight is 232 g/mol. The molecule has 0 aliphatic carbocycles. The quantitative estimate of drug-likeness (QED) is 0.680. The van der Waals surface area contributed by atoms with Crippen molar-refractivity contribution in [1.82, 2.24) is 14.7 Å². The van der Waals surface area contributed by atoms with Crippen LogP contribution >= 0.6 is 23.3 Å². The zero-order valence-corrected chi connectivity index (χ0v) is 9.40. The van der Waals surface area contributed by atoms with E-state index in [2.05, 4.69) is 14.7 Å². The highest BCUT2D eigenvalue weighted by Gasteiger charge is 2.14. The lowest BCUT2D eigenvalue weighted by atomic mass is 10.3. The lowest BCUT2D eigenvalue weighted by Gasteiger charge is -2.11. The highest BCUT2D eigenvalue weighted by molar-refractivity contribution is 8.01. The molecule has 3 N–H and O–H groups in total. The van der Waals surface area contributed by atoms with Crippen LogP contribution in [0.2, 0.25) is 0 Å². The maximum absolute atomic E-state index is 11.0. The molecule has 0 fully saturated rings. The smallest absolute Gasteiger partial charge is 0.235 e. The average Bonchev–Trinajstić information content (AvgIpc) is 2.64. The molecule has 1 heterocycles. The zero-order valence-electron chi connectivity index (χ0n) is 7.77. The van der Waals surface area contributed by atoms with Crippen LogP contribution in [0.15, 0.2) is 10.7 Å². The molecule has 0 bridgehead atoms. The Hall–Kier alpha value is -0.660. The number of nitrogens with two attached hydrogens (primary N) is 1. The number of thioether (sulfide) groups is 1. The second kappa shape index (κ2) is 5.94. The van der Waals surface area contributed by atoms with Crippen molar-refractivity contribution in [3.8, 4) is 0 Å². The van der Waals surface area contributed by atoms with Crippen molar-refractivity contribution < 1.29 is 4.79 Å². The third-order valence-corrected chi connectivity index (χ3v) is 3.40. The van der Waals surface area contributed by atoms with Gasteiger partial charge in [0.25, 0.3) is 0 Å².